The van der Waals surface area contributed by atoms with Crippen molar-refractivity contribution in [2.24, 2.45) is 0 Å². The first-order valence-electron chi connectivity index (χ1n) is 8.65. The molecule has 0 amide bonds. The highest BCUT2D eigenvalue weighted by Gasteiger charge is 2.15. The normalized spacial score (nSPS) is 13.0. The second-order valence-corrected chi connectivity index (χ2v) is 7.34. The molecule has 130 valence electrons. The molecule has 0 aliphatic heterocycles. The van der Waals surface area contributed by atoms with Crippen LogP contribution < -0.4 is 5.32 Å². The summed E-state index contributed by atoms with van der Waals surface area (Å²) in [6.07, 6.45) is 0. The van der Waals surface area contributed by atoms with Crippen molar-refractivity contribution < 1.29 is 4.42 Å². The first-order chi connectivity index (χ1) is 11.9. The minimum atomic E-state index is 0.135. The van der Waals surface area contributed by atoms with Crippen LogP contribution in [0.5, 0.6) is 0 Å². The zero-order chi connectivity index (χ0) is 17.9. The summed E-state index contributed by atoms with van der Waals surface area (Å²) in [5.41, 5.74) is 3.60. The lowest BCUT2D eigenvalue weighted by molar-refractivity contribution is 0.454. The second-order valence-electron chi connectivity index (χ2n) is 7.34. The highest BCUT2D eigenvalue weighted by Crippen LogP contribution is 2.25. The topological polar surface area (TPSA) is 51.0 Å². The molecule has 3 rings (SSSR count). The zero-order valence-corrected chi connectivity index (χ0v) is 15.3. The summed E-state index contributed by atoms with van der Waals surface area (Å²) in [6.45, 7) is 9.27. The Bertz CT molecular complexity index is 801. The molecular weight excluding hydrogens is 310 g/mol. The lowest BCUT2D eigenvalue weighted by atomic mass is 9.87. The Morgan fingerprint density at radius 2 is 1.64 bits per heavy atom. The van der Waals surface area contributed by atoms with Crippen LogP contribution in [0.1, 0.15) is 50.8 Å². The molecule has 25 heavy (non-hydrogen) atoms. The van der Waals surface area contributed by atoms with E-state index in [0.29, 0.717) is 18.3 Å². The SMILES string of the molecule is CC(NCc1nnc(-c2ccc(C(C)(C)C)cc2)o1)c1ccccc1. The van der Waals surface area contributed by atoms with Crippen molar-refractivity contribution in [1.29, 1.82) is 0 Å². The van der Waals surface area contributed by atoms with Crippen molar-refractivity contribution in [3.05, 3.63) is 71.6 Å². The van der Waals surface area contributed by atoms with E-state index < -0.39 is 0 Å². The van der Waals surface area contributed by atoms with Crippen LogP contribution in [0.15, 0.2) is 59.0 Å². The van der Waals surface area contributed by atoms with Crippen molar-refractivity contribution in [1.82, 2.24) is 15.5 Å². The fourth-order valence-electron chi connectivity index (χ4n) is 2.65. The van der Waals surface area contributed by atoms with Gasteiger partial charge in [0, 0.05) is 11.6 Å². The molecule has 0 saturated heterocycles. The van der Waals surface area contributed by atoms with Gasteiger partial charge in [-0.25, -0.2) is 0 Å². The van der Waals surface area contributed by atoms with E-state index >= 15 is 0 Å². The summed E-state index contributed by atoms with van der Waals surface area (Å²) in [5.74, 6) is 1.15. The Kier molecular flexibility index (Phi) is 5.00. The molecule has 0 fully saturated rings. The molecule has 1 heterocycles. The third kappa shape index (κ3) is 4.34. The summed E-state index contributed by atoms with van der Waals surface area (Å²) >= 11 is 0. The Morgan fingerprint density at radius 1 is 0.960 bits per heavy atom. The Balaban J connectivity index is 1.64. The quantitative estimate of drug-likeness (QED) is 0.721. The van der Waals surface area contributed by atoms with Crippen molar-refractivity contribution in [2.45, 2.75) is 45.7 Å². The number of nitrogens with zero attached hydrogens (tertiary/aromatic N) is 2. The van der Waals surface area contributed by atoms with Crippen LogP contribution in [0.2, 0.25) is 0 Å². The monoisotopic (exact) mass is 335 g/mol. The van der Waals surface area contributed by atoms with Crippen molar-refractivity contribution in [3.63, 3.8) is 0 Å². The van der Waals surface area contributed by atoms with Gasteiger partial charge in [-0.05, 0) is 35.6 Å². The van der Waals surface area contributed by atoms with Gasteiger partial charge in [-0.2, -0.15) is 0 Å². The molecule has 0 aliphatic carbocycles. The summed E-state index contributed by atoms with van der Waals surface area (Å²) in [7, 11) is 0. The standard InChI is InChI=1S/C21H25N3O/c1-15(16-8-6-5-7-9-16)22-14-19-23-24-20(25-19)17-10-12-18(13-11-17)21(2,3)4/h5-13,15,22H,14H2,1-4H3. The average molecular weight is 335 g/mol. The minimum absolute atomic E-state index is 0.135. The Hall–Kier alpha value is -2.46. The maximum Gasteiger partial charge on any atom is 0.247 e. The van der Waals surface area contributed by atoms with Crippen LogP contribution in [0.3, 0.4) is 0 Å². The lowest BCUT2D eigenvalue weighted by Crippen LogP contribution is -2.18. The molecule has 0 saturated carbocycles. The highest BCUT2D eigenvalue weighted by molar-refractivity contribution is 5.53. The van der Waals surface area contributed by atoms with Gasteiger partial charge < -0.3 is 9.73 Å². The van der Waals surface area contributed by atoms with Gasteiger partial charge in [0.25, 0.3) is 0 Å². The summed E-state index contributed by atoms with van der Waals surface area (Å²) in [4.78, 5) is 0. The number of benzene rings is 2. The van der Waals surface area contributed by atoms with E-state index in [-0.39, 0.29) is 11.5 Å². The summed E-state index contributed by atoms with van der Waals surface area (Å²) < 4.78 is 5.80. The van der Waals surface area contributed by atoms with Crippen LogP contribution >= 0.6 is 0 Å². The smallest absolute Gasteiger partial charge is 0.247 e. The number of nitrogens with one attached hydrogen (secondary N) is 1. The van der Waals surface area contributed by atoms with Crippen molar-refractivity contribution in [2.75, 3.05) is 0 Å². The summed E-state index contributed by atoms with van der Waals surface area (Å²) in [6, 6.07) is 18.9. The molecule has 0 aliphatic rings. The molecule has 0 radical (unpaired) electrons. The number of rotatable bonds is 5. The zero-order valence-electron chi connectivity index (χ0n) is 15.3. The van der Waals surface area contributed by atoms with E-state index in [9.17, 15) is 0 Å². The molecule has 1 N–H and O–H groups in total. The lowest BCUT2D eigenvalue weighted by Gasteiger charge is -2.18. The maximum atomic E-state index is 5.80. The van der Waals surface area contributed by atoms with Gasteiger partial charge in [0.05, 0.1) is 6.54 Å². The molecule has 3 aromatic rings. The molecule has 1 atom stereocenters. The number of aromatic nitrogens is 2. The molecule has 1 aromatic heterocycles. The van der Waals surface area contributed by atoms with E-state index in [1.165, 1.54) is 11.1 Å². The molecule has 1 unspecified atom stereocenters. The molecule has 2 aromatic carbocycles. The first kappa shape index (κ1) is 17.4. The maximum absolute atomic E-state index is 5.80. The highest BCUT2D eigenvalue weighted by atomic mass is 16.4. The predicted octanol–water partition coefficient (Wildman–Crippen LogP) is 4.88. The van der Waals surface area contributed by atoms with E-state index in [1.807, 2.05) is 30.3 Å². The van der Waals surface area contributed by atoms with E-state index in [1.54, 1.807) is 0 Å². The van der Waals surface area contributed by atoms with Crippen LogP contribution in [0.4, 0.5) is 0 Å². The van der Waals surface area contributed by atoms with Crippen LogP contribution in [0, 0.1) is 0 Å². The van der Waals surface area contributed by atoms with Crippen molar-refractivity contribution >= 4 is 0 Å². The average Bonchev–Trinajstić information content (AvgIpc) is 3.09. The fraction of sp³-hybridized carbons (Fsp3) is 0.333. The van der Waals surface area contributed by atoms with Gasteiger partial charge in [-0.1, -0.05) is 63.2 Å². The van der Waals surface area contributed by atoms with Gasteiger partial charge >= 0.3 is 0 Å². The molecular formula is C21H25N3O. The molecule has 4 nitrogen and oxygen atoms in total. The van der Waals surface area contributed by atoms with Crippen LogP contribution in [-0.4, -0.2) is 10.2 Å². The van der Waals surface area contributed by atoms with E-state index in [2.05, 4.69) is 67.5 Å². The van der Waals surface area contributed by atoms with Crippen LogP contribution in [0.25, 0.3) is 11.5 Å². The second kappa shape index (κ2) is 7.19. The number of hydrogen-bond acceptors (Lipinski definition) is 4. The van der Waals surface area contributed by atoms with Gasteiger partial charge in [-0.3, -0.25) is 0 Å². The molecule has 0 spiro atoms. The predicted molar refractivity (Wildman–Crippen MR) is 100 cm³/mol. The van der Waals surface area contributed by atoms with Crippen LogP contribution in [-0.2, 0) is 12.0 Å². The minimum Gasteiger partial charge on any atom is -0.419 e. The van der Waals surface area contributed by atoms with Gasteiger partial charge in [0.15, 0.2) is 0 Å². The summed E-state index contributed by atoms with van der Waals surface area (Å²) in [5, 5.41) is 11.7. The number of hydrogen-bond donors (Lipinski definition) is 1. The van der Waals surface area contributed by atoms with E-state index in [0.717, 1.165) is 5.56 Å². The van der Waals surface area contributed by atoms with Gasteiger partial charge in [-0.15, -0.1) is 10.2 Å². The largest absolute Gasteiger partial charge is 0.419 e. The molecule has 0 bridgehead atoms. The van der Waals surface area contributed by atoms with E-state index in [4.69, 9.17) is 4.42 Å². The first-order valence-corrected chi connectivity index (χ1v) is 8.65. The Morgan fingerprint density at radius 3 is 2.28 bits per heavy atom. The van der Waals surface area contributed by atoms with Gasteiger partial charge in [0.2, 0.25) is 11.8 Å². The molecule has 4 heteroatoms. The third-order valence-electron chi connectivity index (χ3n) is 4.32. The third-order valence-corrected chi connectivity index (χ3v) is 4.32. The van der Waals surface area contributed by atoms with Gasteiger partial charge in [0.1, 0.15) is 0 Å². The fourth-order valence-corrected chi connectivity index (χ4v) is 2.65. The Labute approximate surface area is 149 Å². The van der Waals surface area contributed by atoms with Crippen molar-refractivity contribution in [3.8, 4) is 11.5 Å².